The first-order valence-corrected chi connectivity index (χ1v) is 12.0. The first kappa shape index (κ1) is 26.9. The van der Waals surface area contributed by atoms with E-state index in [0.717, 1.165) is 19.3 Å². The van der Waals surface area contributed by atoms with E-state index in [1.165, 1.54) is 4.90 Å². The standard InChI is InChI=1S/C23H42BNO7/c1-9-11-16-29-19(27)25-22(7,8)30-17-23(25,18(26)28-10-2)14-12-13-15-24-31-20(3,4)21(5,6)32-24/h9-17H2,1-8H3. The lowest BCUT2D eigenvalue weighted by Crippen LogP contribution is -2.60. The van der Waals surface area contributed by atoms with Gasteiger partial charge in [0, 0.05) is 0 Å². The molecule has 0 saturated carbocycles. The van der Waals surface area contributed by atoms with Gasteiger partial charge in [-0.2, -0.15) is 0 Å². The molecule has 1 unspecified atom stereocenters. The third kappa shape index (κ3) is 5.60. The molecule has 0 aromatic rings. The number of amides is 1. The molecule has 2 rings (SSSR count). The largest absolute Gasteiger partial charge is 0.464 e. The van der Waals surface area contributed by atoms with Crippen molar-refractivity contribution < 1.29 is 33.1 Å². The maximum atomic E-state index is 13.1. The van der Waals surface area contributed by atoms with Gasteiger partial charge in [0.25, 0.3) is 0 Å². The van der Waals surface area contributed by atoms with Gasteiger partial charge in [-0.3, -0.25) is 4.90 Å². The van der Waals surface area contributed by atoms with E-state index in [2.05, 4.69) is 0 Å². The van der Waals surface area contributed by atoms with Crippen LogP contribution in [0.1, 0.15) is 87.5 Å². The summed E-state index contributed by atoms with van der Waals surface area (Å²) in [6.07, 6.45) is 3.71. The average Bonchev–Trinajstić information content (AvgIpc) is 3.07. The molecule has 2 saturated heterocycles. The second-order valence-corrected chi connectivity index (χ2v) is 10.2. The second kappa shape index (κ2) is 10.3. The van der Waals surface area contributed by atoms with Crippen LogP contribution in [0.2, 0.25) is 6.32 Å². The van der Waals surface area contributed by atoms with Crippen molar-refractivity contribution in [1.29, 1.82) is 0 Å². The van der Waals surface area contributed by atoms with Crippen molar-refractivity contribution in [2.24, 2.45) is 0 Å². The number of esters is 1. The fourth-order valence-electron chi connectivity index (χ4n) is 4.22. The fraction of sp³-hybridized carbons (Fsp3) is 0.913. The van der Waals surface area contributed by atoms with Gasteiger partial charge in [0.2, 0.25) is 0 Å². The monoisotopic (exact) mass is 455 g/mol. The van der Waals surface area contributed by atoms with Crippen LogP contribution >= 0.6 is 0 Å². The Bertz CT molecular complexity index is 651. The molecule has 9 heteroatoms. The predicted octanol–water partition coefficient (Wildman–Crippen LogP) is 4.56. The molecular weight excluding hydrogens is 413 g/mol. The lowest BCUT2D eigenvalue weighted by molar-refractivity contribution is -0.157. The Balaban J connectivity index is 2.09. The van der Waals surface area contributed by atoms with Gasteiger partial charge >= 0.3 is 19.2 Å². The summed E-state index contributed by atoms with van der Waals surface area (Å²) in [7, 11) is -0.287. The Morgan fingerprint density at radius 1 is 0.938 bits per heavy atom. The van der Waals surface area contributed by atoms with Crippen LogP contribution in [0.15, 0.2) is 0 Å². The van der Waals surface area contributed by atoms with Crippen LogP contribution < -0.4 is 0 Å². The molecule has 0 radical (unpaired) electrons. The Morgan fingerprint density at radius 3 is 2.12 bits per heavy atom. The molecule has 0 bridgehead atoms. The minimum atomic E-state index is -1.21. The highest BCUT2D eigenvalue weighted by atomic mass is 16.7. The minimum Gasteiger partial charge on any atom is -0.464 e. The van der Waals surface area contributed by atoms with Crippen molar-refractivity contribution in [1.82, 2.24) is 4.90 Å². The maximum absolute atomic E-state index is 13.1. The molecule has 0 spiro atoms. The molecule has 8 nitrogen and oxygen atoms in total. The predicted molar refractivity (Wildman–Crippen MR) is 122 cm³/mol. The maximum Gasteiger partial charge on any atom is 0.457 e. The summed E-state index contributed by atoms with van der Waals surface area (Å²) < 4.78 is 28.9. The van der Waals surface area contributed by atoms with Crippen LogP contribution in [-0.4, -0.2) is 66.4 Å². The quantitative estimate of drug-likeness (QED) is 0.271. The van der Waals surface area contributed by atoms with Gasteiger partial charge < -0.3 is 23.5 Å². The summed E-state index contributed by atoms with van der Waals surface area (Å²) in [6.45, 7) is 16.1. The first-order valence-electron chi connectivity index (χ1n) is 12.0. The van der Waals surface area contributed by atoms with Crippen LogP contribution in [0.25, 0.3) is 0 Å². The van der Waals surface area contributed by atoms with E-state index in [0.29, 0.717) is 25.8 Å². The van der Waals surface area contributed by atoms with Crippen LogP contribution in [-0.2, 0) is 28.3 Å². The summed E-state index contributed by atoms with van der Waals surface area (Å²) in [5, 5.41) is 0. The Kier molecular flexibility index (Phi) is 8.67. The molecule has 1 atom stereocenters. The first-order chi connectivity index (χ1) is 14.8. The van der Waals surface area contributed by atoms with E-state index in [4.69, 9.17) is 23.5 Å². The number of unbranched alkanes of at least 4 members (excludes halogenated alkanes) is 2. The molecule has 184 valence electrons. The summed E-state index contributed by atoms with van der Waals surface area (Å²) in [5.74, 6) is -0.450. The Hall–Kier alpha value is -1.32. The van der Waals surface area contributed by atoms with Crippen molar-refractivity contribution in [3.63, 3.8) is 0 Å². The van der Waals surface area contributed by atoms with Gasteiger partial charge in [0.1, 0.15) is 5.72 Å². The molecule has 0 aromatic carbocycles. The molecule has 2 heterocycles. The average molecular weight is 455 g/mol. The highest BCUT2D eigenvalue weighted by molar-refractivity contribution is 6.45. The molecular formula is C23H42BNO7. The van der Waals surface area contributed by atoms with Gasteiger partial charge in [0.15, 0.2) is 5.54 Å². The third-order valence-corrected chi connectivity index (χ3v) is 6.77. The fourth-order valence-corrected chi connectivity index (χ4v) is 4.22. The smallest absolute Gasteiger partial charge is 0.457 e. The molecule has 2 aliphatic rings. The zero-order valence-corrected chi connectivity index (χ0v) is 21.2. The normalized spacial score (nSPS) is 25.8. The van der Waals surface area contributed by atoms with Gasteiger partial charge in [-0.25, -0.2) is 9.59 Å². The van der Waals surface area contributed by atoms with E-state index >= 15 is 0 Å². The SMILES string of the molecule is CCCCOC(=O)N1C(C)(C)OCC1(CCCCB1OC(C)(C)C(C)(C)O1)C(=O)OCC. The highest BCUT2D eigenvalue weighted by Gasteiger charge is 2.60. The molecule has 0 aromatic heterocycles. The van der Waals surface area contributed by atoms with E-state index < -0.39 is 23.3 Å². The van der Waals surface area contributed by atoms with E-state index in [1.807, 2.05) is 34.6 Å². The Morgan fingerprint density at radius 2 is 1.56 bits per heavy atom. The molecule has 2 aliphatic heterocycles. The van der Waals surface area contributed by atoms with E-state index in [1.54, 1.807) is 20.8 Å². The number of carbonyl (C=O) groups excluding carboxylic acids is 2. The summed E-state index contributed by atoms with van der Waals surface area (Å²) >= 11 is 0. The number of ether oxygens (including phenoxy) is 3. The zero-order valence-electron chi connectivity index (χ0n) is 21.2. The zero-order chi connectivity index (χ0) is 24.2. The second-order valence-electron chi connectivity index (χ2n) is 10.2. The third-order valence-electron chi connectivity index (χ3n) is 6.77. The minimum absolute atomic E-state index is 0.0815. The van der Waals surface area contributed by atoms with Crippen molar-refractivity contribution in [2.45, 2.75) is 116 Å². The van der Waals surface area contributed by atoms with Crippen LogP contribution in [0.5, 0.6) is 0 Å². The number of hydrogen-bond donors (Lipinski definition) is 0. The van der Waals surface area contributed by atoms with Crippen molar-refractivity contribution >= 4 is 19.2 Å². The summed E-state index contributed by atoms with van der Waals surface area (Å²) in [5.41, 5.74) is -2.92. The van der Waals surface area contributed by atoms with E-state index in [-0.39, 0.29) is 31.5 Å². The molecule has 2 fully saturated rings. The van der Waals surface area contributed by atoms with Crippen LogP contribution in [0, 0.1) is 0 Å². The van der Waals surface area contributed by atoms with Crippen molar-refractivity contribution in [3.8, 4) is 0 Å². The van der Waals surface area contributed by atoms with Gasteiger partial charge in [0.05, 0.1) is 31.0 Å². The van der Waals surface area contributed by atoms with Crippen molar-refractivity contribution in [3.05, 3.63) is 0 Å². The van der Waals surface area contributed by atoms with Gasteiger partial charge in [-0.15, -0.1) is 0 Å². The van der Waals surface area contributed by atoms with Gasteiger partial charge in [-0.05, 0) is 67.6 Å². The molecule has 1 amide bonds. The molecule has 32 heavy (non-hydrogen) atoms. The molecule has 0 aliphatic carbocycles. The number of rotatable bonds is 10. The van der Waals surface area contributed by atoms with E-state index in [9.17, 15) is 9.59 Å². The number of carbonyl (C=O) groups is 2. The Labute approximate surface area is 193 Å². The lowest BCUT2D eigenvalue weighted by Gasteiger charge is -2.39. The summed E-state index contributed by atoms with van der Waals surface area (Å²) in [4.78, 5) is 27.6. The summed E-state index contributed by atoms with van der Waals surface area (Å²) in [6, 6.07) is 0. The van der Waals surface area contributed by atoms with Crippen LogP contribution in [0.4, 0.5) is 4.79 Å². The number of hydrogen-bond acceptors (Lipinski definition) is 7. The van der Waals surface area contributed by atoms with Gasteiger partial charge in [-0.1, -0.05) is 26.2 Å². The topological polar surface area (TPSA) is 83.5 Å². The van der Waals surface area contributed by atoms with Crippen molar-refractivity contribution in [2.75, 3.05) is 19.8 Å². The number of nitrogens with zero attached hydrogens (tertiary/aromatic N) is 1. The lowest BCUT2D eigenvalue weighted by atomic mass is 9.80. The van der Waals surface area contributed by atoms with Crippen LogP contribution in [0.3, 0.4) is 0 Å². The molecule has 0 N–H and O–H groups in total. The highest BCUT2D eigenvalue weighted by Crippen LogP contribution is 2.41.